The molecule has 0 aliphatic heterocycles. The van der Waals surface area contributed by atoms with E-state index in [1.54, 1.807) is 51.1 Å². The van der Waals surface area contributed by atoms with Gasteiger partial charge in [0.05, 0.1) is 17.7 Å². The molecule has 1 atom stereocenters. The highest BCUT2D eigenvalue weighted by atomic mass is 35.5. The molecule has 5 nitrogen and oxygen atoms in total. The fourth-order valence-electron chi connectivity index (χ4n) is 3.92. The van der Waals surface area contributed by atoms with Gasteiger partial charge in [-0.1, -0.05) is 30.7 Å². The van der Waals surface area contributed by atoms with Gasteiger partial charge >= 0.3 is 12.3 Å². The molecule has 3 rings (SSSR count). The van der Waals surface area contributed by atoms with Crippen molar-refractivity contribution in [2.45, 2.75) is 38.9 Å². The fourth-order valence-corrected chi connectivity index (χ4v) is 4.09. The second kappa shape index (κ2) is 9.47. The third-order valence-corrected chi connectivity index (χ3v) is 5.36. The van der Waals surface area contributed by atoms with Gasteiger partial charge in [0.2, 0.25) is 0 Å². The Morgan fingerprint density at radius 2 is 1.91 bits per heavy atom. The van der Waals surface area contributed by atoms with E-state index in [0.717, 1.165) is 6.07 Å². The molecular weight excluding hydrogens is 457 g/mol. The summed E-state index contributed by atoms with van der Waals surface area (Å²) in [6.45, 7) is 5.21. The zero-order chi connectivity index (χ0) is 24.4. The first-order valence-corrected chi connectivity index (χ1v) is 10.6. The number of pyridine rings is 1. The van der Waals surface area contributed by atoms with Gasteiger partial charge in [-0.05, 0) is 67.6 Å². The van der Waals surface area contributed by atoms with E-state index in [2.05, 4.69) is 10.3 Å². The van der Waals surface area contributed by atoms with Crippen molar-refractivity contribution in [1.29, 1.82) is 0 Å². The van der Waals surface area contributed by atoms with Crippen molar-refractivity contribution in [2.75, 3.05) is 6.61 Å². The maximum atomic E-state index is 13.9. The van der Waals surface area contributed by atoms with Crippen LogP contribution < -0.4 is 10.1 Å². The van der Waals surface area contributed by atoms with Gasteiger partial charge in [-0.25, -0.2) is 4.79 Å². The number of carboxylic acid groups (broad SMARTS) is 1. The maximum absolute atomic E-state index is 13.9. The van der Waals surface area contributed by atoms with Gasteiger partial charge in [-0.2, -0.15) is 13.2 Å². The topological polar surface area (TPSA) is 71.5 Å². The van der Waals surface area contributed by atoms with Crippen LogP contribution in [0.2, 0.25) is 5.02 Å². The van der Waals surface area contributed by atoms with E-state index in [1.165, 1.54) is 12.3 Å². The molecule has 0 saturated carbocycles. The molecule has 9 heteroatoms. The molecule has 1 heterocycles. The van der Waals surface area contributed by atoms with Crippen molar-refractivity contribution >= 4 is 28.6 Å². The minimum absolute atomic E-state index is 0.00381. The first-order valence-electron chi connectivity index (χ1n) is 10.3. The molecule has 3 aromatic rings. The number of hydrogen-bond acceptors (Lipinski definition) is 3. The Morgan fingerprint density at radius 3 is 2.58 bits per heavy atom. The Bertz CT molecular complexity index is 1170. The van der Waals surface area contributed by atoms with E-state index >= 15 is 0 Å². The molecule has 1 amide bonds. The second-order valence-electron chi connectivity index (χ2n) is 8.66. The standard InChI is InChI=1S/C24H24ClF3N2O3/c1-14(12-23(2,3)30-22(31)32)13-33-21-7-4-15(10-19(21)24(26,27)28)17-8-9-29-20-11-16(25)5-6-18(17)20/h4-11,14,30H,12-13H2,1-3H3,(H,31,32). The largest absolute Gasteiger partial charge is 0.493 e. The number of nitrogens with zero attached hydrogens (tertiary/aromatic N) is 1. The van der Waals surface area contributed by atoms with Crippen LogP contribution in [0, 0.1) is 5.92 Å². The summed E-state index contributed by atoms with van der Waals surface area (Å²) >= 11 is 6.01. The third-order valence-electron chi connectivity index (χ3n) is 5.13. The quantitative estimate of drug-likeness (QED) is 0.381. The van der Waals surface area contributed by atoms with Gasteiger partial charge in [0.25, 0.3) is 0 Å². The fraction of sp³-hybridized carbons (Fsp3) is 0.333. The molecule has 2 aromatic carbocycles. The summed E-state index contributed by atoms with van der Waals surface area (Å²) in [5.74, 6) is -0.468. The minimum Gasteiger partial charge on any atom is -0.493 e. The number of rotatable bonds is 7. The molecule has 0 saturated heterocycles. The van der Waals surface area contributed by atoms with Crippen molar-refractivity contribution in [3.8, 4) is 16.9 Å². The molecule has 0 fully saturated rings. The molecule has 0 radical (unpaired) electrons. The highest BCUT2D eigenvalue weighted by molar-refractivity contribution is 6.31. The molecule has 1 unspecified atom stereocenters. The summed E-state index contributed by atoms with van der Waals surface area (Å²) < 4.78 is 47.1. The molecule has 0 spiro atoms. The number of ether oxygens (including phenoxy) is 1. The van der Waals surface area contributed by atoms with Gasteiger partial charge in [0.1, 0.15) is 5.75 Å². The van der Waals surface area contributed by atoms with Crippen LogP contribution in [0.25, 0.3) is 22.0 Å². The zero-order valence-electron chi connectivity index (χ0n) is 18.3. The summed E-state index contributed by atoms with van der Waals surface area (Å²) in [7, 11) is 0. The predicted octanol–water partition coefficient (Wildman–Crippen LogP) is 7.03. The number of halogens is 4. The Morgan fingerprint density at radius 1 is 1.18 bits per heavy atom. The van der Waals surface area contributed by atoms with Gasteiger partial charge in [-0.15, -0.1) is 0 Å². The lowest BCUT2D eigenvalue weighted by atomic mass is 9.92. The number of benzene rings is 2. The van der Waals surface area contributed by atoms with Crippen molar-refractivity contribution in [2.24, 2.45) is 5.92 Å². The second-order valence-corrected chi connectivity index (χ2v) is 9.10. The lowest BCUT2D eigenvalue weighted by Gasteiger charge is -2.28. The van der Waals surface area contributed by atoms with Crippen molar-refractivity contribution in [3.63, 3.8) is 0 Å². The van der Waals surface area contributed by atoms with Gasteiger partial charge in [0.15, 0.2) is 0 Å². The first-order chi connectivity index (χ1) is 15.4. The number of amides is 1. The predicted molar refractivity (Wildman–Crippen MR) is 122 cm³/mol. The molecule has 33 heavy (non-hydrogen) atoms. The maximum Gasteiger partial charge on any atom is 0.419 e. The third kappa shape index (κ3) is 6.28. The zero-order valence-corrected chi connectivity index (χ0v) is 19.1. The average Bonchev–Trinajstić information content (AvgIpc) is 2.69. The smallest absolute Gasteiger partial charge is 0.419 e. The number of fused-ring (bicyclic) bond motifs is 1. The van der Waals surface area contributed by atoms with E-state index in [-0.39, 0.29) is 18.3 Å². The summed E-state index contributed by atoms with van der Waals surface area (Å²) in [4.78, 5) is 15.1. The van der Waals surface area contributed by atoms with E-state index in [1.807, 2.05) is 0 Å². The highest BCUT2D eigenvalue weighted by Gasteiger charge is 2.35. The lowest BCUT2D eigenvalue weighted by molar-refractivity contribution is -0.139. The van der Waals surface area contributed by atoms with E-state index < -0.39 is 23.4 Å². The monoisotopic (exact) mass is 480 g/mol. The van der Waals surface area contributed by atoms with E-state index in [0.29, 0.717) is 33.5 Å². The van der Waals surface area contributed by atoms with Crippen molar-refractivity contribution in [3.05, 3.63) is 59.2 Å². The molecular formula is C24H24ClF3N2O3. The average molecular weight is 481 g/mol. The van der Waals surface area contributed by atoms with Crippen LogP contribution in [0.1, 0.15) is 32.8 Å². The number of alkyl halides is 3. The van der Waals surface area contributed by atoms with Crippen molar-refractivity contribution < 1.29 is 27.8 Å². The molecule has 0 aliphatic rings. The SMILES string of the molecule is CC(COc1ccc(-c2ccnc3cc(Cl)ccc23)cc1C(F)(F)F)CC(C)(C)NC(=O)O. The van der Waals surface area contributed by atoms with Crippen LogP contribution in [0.15, 0.2) is 48.7 Å². The van der Waals surface area contributed by atoms with Gasteiger partial charge < -0.3 is 15.2 Å². The molecule has 0 aliphatic carbocycles. The Balaban J connectivity index is 1.88. The summed E-state index contributed by atoms with van der Waals surface area (Å²) in [5, 5.41) is 12.5. The number of hydrogen-bond donors (Lipinski definition) is 2. The molecule has 2 N–H and O–H groups in total. The van der Waals surface area contributed by atoms with Crippen LogP contribution in [0.5, 0.6) is 5.75 Å². The highest BCUT2D eigenvalue weighted by Crippen LogP contribution is 2.40. The normalized spacial score (nSPS) is 13.1. The van der Waals surface area contributed by atoms with Crippen LogP contribution >= 0.6 is 11.6 Å². The molecule has 0 bridgehead atoms. The Kier molecular flexibility index (Phi) is 7.07. The first kappa shape index (κ1) is 24.6. The number of aromatic nitrogens is 1. The summed E-state index contributed by atoms with van der Waals surface area (Å²) in [5.41, 5.74) is -0.0569. The Labute approximate surface area is 194 Å². The van der Waals surface area contributed by atoms with Gasteiger partial charge in [-0.3, -0.25) is 4.98 Å². The van der Waals surface area contributed by atoms with Gasteiger partial charge in [0, 0.05) is 22.1 Å². The van der Waals surface area contributed by atoms with Crippen molar-refractivity contribution in [1.82, 2.24) is 10.3 Å². The number of carbonyl (C=O) groups is 1. The molecule has 1 aromatic heterocycles. The molecule has 176 valence electrons. The minimum atomic E-state index is -4.62. The Hall–Kier alpha value is -3.00. The lowest BCUT2D eigenvalue weighted by Crippen LogP contribution is -2.44. The van der Waals surface area contributed by atoms with E-state index in [9.17, 15) is 18.0 Å². The van der Waals surface area contributed by atoms with E-state index in [4.69, 9.17) is 21.4 Å². The summed E-state index contributed by atoms with van der Waals surface area (Å²) in [6.07, 6.45) is -3.86. The number of nitrogens with one attached hydrogen (secondary N) is 1. The van der Waals surface area contributed by atoms with Crippen LogP contribution in [0.4, 0.5) is 18.0 Å². The van der Waals surface area contributed by atoms with Crippen LogP contribution in [-0.4, -0.2) is 28.3 Å². The summed E-state index contributed by atoms with van der Waals surface area (Å²) in [6, 6.07) is 10.7. The van der Waals surface area contributed by atoms with Crippen LogP contribution in [0.3, 0.4) is 0 Å². The van der Waals surface area contributed by atoms with Crippen LogP contribution in [-0.2, 0) is 6.18 Å².